The van der Waals surface area contributed by atoms with Crippen LogP contribution in [0.4, 0.5) is 0 Å². The fourth-order valence-corrected chi connectivity index (χ4v) is 1.78. The second-order valence-electron chi connectivity index (χ2n) is 4.06. The Balaban J connectivity index is 3.41. The van der Waals surface area contributed by atoms with Crippen LogP contribution in [0, 0.1) is 0 Å². The van der Waals surface area contributed by atoms with Gasteiger partial charge in [-0.3, -0.25) is 0 Å². The van der Waals surface area contributed by atoms with Gasteiger partial charge in [-0.25, -0.2) is 0 Å². The number of hydrogen-bond acceptors (Lipinski definition) is 0. The van der Waals surface area contributed by atoms with Crippen LogP contribution in [0.3, 0.4) is 0 Å². The molecule has 0 aromatic heterocycles. The Hall–Kier alpha value is -0.0400. The first-order valence-electron chi connectivity index (χ1n) is 6.18. The lowest BCUT2D eigenvalue weighted by molar-refractivity contribution is -0.900. The molecule has 0 saturated carbocycles. The van der Waals surface area contributed by atoms with E-state index in [1.54, 1.807) is 0 Å². The predicted molar refractivity (Wildman–Crippen MR) is 60.3 cm³/mol. The summed E-state index contributed by atoms with van der Waals surface area (Å²) in [6.45, 7) is 11.0. The average molecular weight is 186 g/mol. The number of hydrogen-bond donors (Lipinski definition) is 1. The van der Waals surface area contributed by atoms with Gasteiger partial charge in [-0.2, -0.15) is 0 Å². The van der Waals surface area contributed by atoms with Crippen LogP contribution in [0.2, 0.25) is 0 Å². The van der Waals surface area contributed by atoms with Crippen molar-refractivity contribution in [1.82, 2.24) is 0 Å². The van der Waals surface area contributed by atoms with Gasteiger partial charge in [-0.05, 0) is 25.7 Å². The number of nitrogens with one attached hydrogen (secondary N) is 1. The third kappa shape index (κ3) is 8.29. The van der Waals surface area contributed by atoms with Crippen molar-refractivity contribution in [3.63, 3.8) is 0 Å². The molecule has 0 aliphatic heterocycles. The van der Waals surface area contributed by atoms with Gasteiger partial charge in [0, 0.05) is 0 Å². The molecule has 0 aromatic carbocycles. The molecule has 1 unspecified atom stereocenters. The smallest absolute Gasteiger partial charge is 0.0770 e. The summed E-state index contributed by atoms with van der Waals surface area (Å²) in [5, 5.41) is 0. The largest absolute Gasteiger partial charge is 0.335 e. The van der Waals surface area contributed by atoms with Crippen molar-refractivity contribution in [2.75, 3.05) is 19.6 Å². The van der Waals surface area contributed by atoms with Gasteiger partial charge < -0.3 is 4.90 Å². The zero-order chi connectivity index (χ0) is 9.94. The highest BCUT2D eigenvalue weighted by Gasteiger charge is 2.04. The minimum absolute atomic E-state index is 1.34. The maximum Gasteiger partial charge on any atom is 0.0770 e. The molecule has 0 spiro atoms. The van der Waals surface area contributed by atoms with E-state index in [4.69, 9.17) is 0 Å². The van der Waals surface area contributed by atoms with Gasteiger partial charge >= 0.3 is 0 Å². The molecule has 1 atom stereocenters. The van der Waals surface area contributed by atoms with E-state index < -0.39 is 0 Å². The molecule has 0 radical (unpaired) electrons. The minimum atomic E-state index is 1.34. The van der Waals surface area contributed by atoms with Crippen molar-refractivity contribution in [1.29, 1.82) is 0 Å². The van der Waals surface area contributed by atoms with Crippen LogP contribution in [0.5, 0.6) is 0 Å². The Bertz CT molecular complexity index is 91.1. The summed E-state index contributed by atoms with van der Waals surface area (Å²) in [6, 6.07) is 0. The van der Waals surface area contributed by atoms with Crippen molar-refractivity contribution in [3.05, 3.63) is 0 Å². The van der Waals surface area contributed by atoms with Crippen molar-refractivity contribution in [3.8, 4) is 0 Å². The molecule has 1 heteroatoms. The summed E-state index contributed by atoms with van der Waals surface area (Å²) in [5.41, 5.74) is 0. The lowest BCUT2D eigenvalue weighted by atomic mass is 10.2. The van der Waals surface area contributed by atoms with E-state index in [-0.39, 0.29) is 0 Å². The zero-order valence-corrected chi connectivity index (χ0v) is 9.86. The normalized spacial score (nSPS) is 13.2. The Morgan fingerprint density at radius 2 is 1.23 bits per heavy atom. The first-order chi connectivity index (χ1) is 6.35. The van der Waals surface area contributed by atoms with Crippen LogP contribution in [0.15, 0.2) is 0 Å². The molecule has 0 aromatic rings. The molecule has 80 valence electrons. The highest BCUT2D eigenvalue weighted by molar-refractivity contribution is 4.37. The third-order valence-electron chi connectivity index (χ3n) is 2.62. The highest BCUT2D eigenvalue weighted by Crippen LogP contribution is 1.90. The molecule has 0 heterocycles. The van der Waals surface area contributed by atoms with Crippen molar-refractivity contribution in [2.45, 2.75) is 59.3 Å². The van der Waals surface area contributed by atoms with Gasteiger partial charge in [0.15, 0.2) is 0 Å². The Morgan fingerprint density at radius 3 is 1.77 bits per heavy atom. The second-order valence-corrected chi connectivity index (χ2v) is 4.06. The van der Waals surface area contributed by atoms with Crippen LogP contribution in [0.25, 0.3) is 0 Å². The minimum Gasteiger partial charge on any atom is -0.335 e. The number of rotatable bonds is 9. The molecule has 0 aliphatic rings. The predicted octanol–water partition coefficient (Wildman–Crippen LogP) is 2.27. The van der Waals surface area contributed by atoms with Gasteiger partial charge in [0.1, 0.15) is 0 Å². The Morgan fingerprint density at radius 1 is 0.615 bits per heavy atom. The molecular formula is C12H28N+. The fourth-order valence-electron chi connectivity index (χ4n) is 1.78. The van der Waals surface area contributed by atoms with E-state index in [0.717, 1.165) is 0 Å². The fraction of sp³-hybridized carbons (Fsp3) is 1.00. The first kappa shape index (κ1) is 13.0. The van der Waals surface area contributed by atoms with Crippen LogP contribution >= 0.6 is 0 Å². The molecule has 0 fully saturated rings. The van der Waals surface area contributed by atoms with Crippen LogP contribution < -0.4 is 4.90 Å². The highest BCUT2D eigenvalue weighted by atomic mass is 15.1. The van der Waals surface area contributed by atoms with E-state index in [0.29, 0.717) is 0 Å². The van der Waals surface area contributed by atoms with Gasteiger partial charge in [0.25, 0.3) is 0 Å². The van der Waals surface area contributed by atoms with E-state index in [1.807, 2.05) is 4.90 Å². The lowest BCUT2D eigenvalue weighted by Gasteiger charge is -2.18. The maximum atomic E-state index is 2.30. The Kier molecular flexibility index (Phi) is 10.0. The standard InChI is InChI=1S/C12H27N/c1-4-7-9-12-13(10-6-3)11-8-5-2/h4-12H2,1-3H3/p+1. The van der Waals surface area contributed by atoms with Gasteiger partial charge in [-0.15, -0.1) is 0 Å². The van der Waals surface area contributed by atoms with Crippen molar-refractivity contribution >= 4 is 0 Å². The Labute approximate surface area is 84.5 Å². The molecule has 0 amide bonds. The summed E-state index contributed by atoms with van der Waals surface area (Å²) in [7, 11) is 0. The van der Waals surface area contributed by atoms with Crippen LogP contribution in [-0.2, 0) is 0 Å². The van der Waals surface area contributed by atoms with Crippen LogP contribution in [0.1, 0.15) is 59.3 Å². The van der Waals surface area contributed by atoms with E-state index in [1.165, 1.54) is 58.2 Å². The van der Waals surface area contributed by atoms with E-state index in [2.05, 4.69) is 20.8 Å². The molecule has 13 heavy (non-hydrogen) atoms. The molecule has 1 nitrogen and oxygen atoms in total. The molecule has 0 rings (SSSR count). The van der Waals surface area contributed by atoms with Gasteiger partial charge in [-0.1, -0.05) is 33.6 Å². The molecular weight excluding hydrogens is 158 g/mol. The molecule has 0 aliphatic carbocycles. The number of quaternary nitrogens is 1. The van der Waals surface area contributed by atoms with E-state index >= 15 is 0 Å². The number of unbranched alkanes of at least 4 members (excludes halogenated alkanes) is 3. The summed E-state index contributed by atoms with van der Waals surface area (Å²) in [5.74, 6) is 0. The van der Waals surface area contributed by atoms with E-state index in [9.17, 15) is 0 Å². The van der Waals surface area contributed by atoms with Gasteiger partial charge in [0.2, 0.25) is 0 Å². The molecule has 0 saturated heterocycles. The average Bonchev–Trinajstić information content (AvgIpc) is 2.14. The van der Waals surface area contributed by atoms with Gasteiger partial charge in [0.05, 0.1) is 19.6 Å². The van der Waals surface area contributed by atoms with Crippen molar-refractivity contribution in [2.24, 2.45) is 0 Å². The lowest BCUT2D eigenvalue weighted by Crippen LogP contribution is -3.12. The topological polar surface area (TPSA) is 4.44 Å². The zero-order valence-electron chi connectivity index (χ0n) is 9.86. The van der Waals surface area contributed by atoms with Crippen LogP contribution in [-0.4, -0.2) is 19.6 Å². The second kappa shape index (κ2) is 10.0. The third-order valence-corrected chi connectivity index (χ3v) is 2.62. The van der Waals surface area contributed by atoms with Crippen molar-refractivity contribution < 1.29 is 4.90 Å². The SMILES string of the molecule is CCCCC[NH+](CCC)CCCC. The summed E-state index contributed by atoms with van der Waals surface area (Å²) in [4.78, 5) is 1.83. The monoisotopic (exact) mass is 186 g/mol. The first-order valence-corrected chi connectivity index (χ1v) is 6.18. The molecule has 1 N–H and O–H groups in total. The quantitative estimate of drug-likeness (QED) is 0.527. The molecule has 0 bridgehead atoms. The maximum absolute atomic E-state index is 2.30. The summed E-state index contributed by atoms with van der Waals surface area (Å²) >= 11 is 0. The summed E-state index contributed by atoms with van der Waals surface area (Å²) < 4.78 is 0. The summed E-state index contributed by atoms with van der Waals surface area (Å²) in [6.07, 6.45) is 8.29.